The maximum Gasteiger partial charge on any atom is 0.407 e. The van der Waals surface area contributed by atoms with Gasteiger partial charge in [0.15, 0.2) is 0 Å². The van der Waals surface area contributed by atoms with Crippen molar-refractivity contribution in [3.05, 3.63) is 52.6 Å². The van der Waals surface area contributed by atoms with E-state index in [9.17, 15) is 4.79 Å². The molecule has 0 spiro atoms. The van der Waals surface area contributed by atoms with Crippen LogP contribution in [0.25, 0.3) is 0 Å². The Kier molecular flexibility index (Phi) is 4.02. The molecule has 0 aliphatic heterocycles. The second-order valence-electron chi connectivity index (χ2n) is 5.14. The molecular weight excluding hydrogens is 348 g/mol. The molecule has 1 aliphatic rings. The standard InChI is InChI=1S/C16H15BrN2O3/c1-21-15(20)19-16(8-9-16)11-2-5-13(6-3-11)22-14-7-4-12(17)10-18-14/h2-7,10H,8-9H2,1H3,(H,19,20). The molecule has 0 bridgehead atoms. The van der Waals surface area contributed by atoms with Gasteiger partial charge >= 0.3 is 6.09 Å². The van der Waals surface area contributed by atoms with Crippen LogP contribution >= 0.6 is 15.9 Å². The first kappa shape index (κ1) is 14.8. The van der Waals surface area contributed by atoms with E-state index >= 15 is 0 Å². The van der Waals surface area contributed by atoms with E-state index in [-0.39, 0.29) is 5.54 Å². The largest absolute Gasteiger partial charge is 0.453 e. The quantitative estimate of drug-likeness (QED) is 0.893. The zero-order valence-electron chi connectivity index (χ0n) is 12.0. The first-order chi connectivity index (χ1) is 10.6. The number of pyridine rings is 1. The molecule has 5 nitrogen and oxygen atoms in total. The number of alkyl carbamates (subject to hydrolysis) is 1. The zero-order valence-corrected chi connectivity index (χ0v) is 13.6. The van der Waals surface area contributed by atoms with Gasteiger partial charge in [0.1, 0.15) is 5.75 Å². The SMILES string of the molecule is COC(=O)NC1(c2ccc(Oc3ccc(Br)cn3)cc2)CC1. The van der Waals surface area contributed by atoms with Crippen molar-refractivity contribution >= 4 is 22.0 Å². The number of amides is 1. The Hall–Kier alpha value is -2.08. The molecule has 1 fully saturated rings. The number of methoxy groups -OCH3 is 1. The molecule has 1 heterocycles. The van der Waals surface area contributed by atoms with Crippen LogP contribution in [-0.2, 0) is 10.3 Å². The number of carbonyl (C=O) groups is 1. The number of benzene rings is 1. The van der Waals surface area contributed by atoms with Crippen molar-refractivity contribution in [3.63, 3.8) is 0 Å². The highest BCUT2D eigenvalue weighted by Gasteiger charge is 2.46. The molecule has 0 radical (unpaired) electrons. The molecule has 3 rings (SSSR count). The number of hydrogen-bond donors (Lipinski definition) is 1. The third-order valence-corrected chi connectivity index (χ3v) is 4.08. The van der Waals surface area contributed by atoms with Crippen molar-refractivity contribution in [2.75, 3.05) is 7.11 Å². The minimum absolute atomic E-state index is 0.290. The molecule has 0 atom stereocenters. The molecule has 1 aromatic heterocycles. The van der Waals surface area contributed by atoms with Crippen LogP contribution in [0.15, 0.2) is 47.1 Å². The number of rotatable bonds is 4. The summed E-state index contributed by atoms with van der Waals surface area (Å²) in [5, 5.41) is 2.89. The van der Waals surface area contributed by atoms with Crippen LogP contribution in [0.1, 0.15) is 18.4 Å². The molecule has 2 aromatic rings. The summed E-state index contributed by atoms with van der Waals surface area (Å²) >= 11 is 3.33. The highest BCUT2D eigenvalue weighted by Crippen LogP contribution is 2.45. The van der Waals surface area contributed by atoms with Gasteiger partial charge in [-0.1, -0.05) is 12.1 Å². The van der Waals surface area contributed by atoms with E-state index < -0.39 is 6.09 Å². The van der Waals surface area contributed by atoms with Crippen LogP contribution in [0.3, 0.4) is 0 Å². The lowest BCUT2D eigenvalue weighted by Crippen LogP contribution is -2.34. The molecule has 1 aliphatic carbocycles. The maximum absolute atomic E-state index is 11.4. The summed E-state index contributed by atoms with van der Waals surface area (Å²) in [6.45, 7) is 0. The van der Waals surface area contributed by atoms with Crippen LogP contribution in [0.5, 0.6) is 11.6 Å². The van der Waals surface area contributed by atoms with E-state index in [0.717, 1.165) is 22.9 Å². The van der Waals surface area contributed by atoms with E-state index in [4.69, 9.17) is 4.74 Å². The van der Waals surface area contributed by atoms with E-state index in [1.165, 1.54) is 7.11 Å². The highest BCUT2D eigenvalue weighted by molar-refractivity contribution is 9.10. The lowest BCUT2D eigenvalue weighted by Gasteiger charge is -2.17. The van der Waals surface area contributed by atoms with Crippen molar-refractivity contribution in [2.45, 2.75) is 18.4 Å². The predicted molar refractivity (Wildman–Crippen MR) is 84.9 cm³/mol. The van der Waals surface area contributed by atoms with Crippen LogP contribution in [-0.4, -0.2) is 18.2 Å². The Morgan fingerprint density at radius 3 is 2.50 bits per heavy atom. The summed E-state index contributed by atoms with van der Waals surface area (Å²) in [6.07, 6.45) is 3.10. The first-order valence-electron chi connectivity index (χ1n) is 6.87. The molecular formula is C16H15BrN2O3. The fraction of sp³-hybridized carbons (Fsp3) is 0.250. The smallest absolute Gasteiger partial charge is 0.407 e. The van der Waals surface area contributed by atoms with Gasteiger partial charge in [0.05, 0.1) is 12.6 Å². The lowest BCUT2D eigenvalue weighted by atomic mass is 10.1. The van der Waals surface area contributed by atoms with E-state index in [1.54, 1.807) is 12.3 Å². The van der Waals surface area contributed by atoms with Gasteiger partial charge < -0.3 is 14.8 Å². The van der Waals surface area contributed by atoms with Crippen LogP contribution in [0.4, 0.5) is 4.79 Å². The van der Waals surface area contributed by atoms with Gasteiger partial charge in [-0.05, 0) is 52.5 Å². The number of carbonyl (C=O) groups excluding carboxylic acids is 1. The van der Waals surface area contributed by atoms with Gasteiger partial charge in [-0.3, -0.25) is 0 Å². The Balaban J connectivity index is 1.70. The summed E-state index contributed by atoms with van der Waals surface area (Å²) in [5.74, 6) is 1.23. The number of hydrogen-bond acceptors (Lipinski definition) is 4. The van der Waals surface area contributed by atoms with Gasteiger partial charge in [0.25, 0.3) is 0 Å². The molecule has 114 valence electrons. The second kappa shape index (κ2) is 5.96. The normalized spacial score (nSPS) is 15.0. The Bertz CT molecular complexity index is 667. The van der Waals surface area contributed by atoms with E-state index in [2.05, 4.69) is 31.0 Å². The van der Waals surface area contributed by atoms with Crippen molar-refractivity contribution in [1.82, 2.24) is 10.3 Å². The van der Waals surface area contributed by atoms with E-state index in [1.807, 2.05) is 30.3 Å². The Labute approximate surface area is 136 Å². The third-order valence-electron chi connectivity index (χ3n) is 3.61. The van der Waals surface area contributed by atoms with Gasteiger partial charge in [-0.15, -0.1) is 0 Å². The summed E-state index contributed by atoms with van der Waals surface area (Å²) in [6, 6.07) is 11.3. The molecule has 1 N–H and O–H groups in total. The van der Waals surface area contributed by atoms with Crippen molar-refractivity contribution < 1.29 is 14.3 Å². The monoisotopic (exact) mass is 362 g/mol. The van der Waals surface area contributed by atoms with Gasteiger partial charge in [0, 0.05) is 16.7 Å². The first-order valence-corrected chi connectivity index (χ1v) is 7.67. The molecule has 0 saturated heterocycles. The predicted octanol–water partition coefficient (Wildman–Crippen LogP) is 3.98. The molecule has 22 heavy (non-hydrogen) atoms. The van der Waals surface area contributed by atoms with E-state index in [0.29, 0.717) is 11.6 Å². The van der Waals surface area contributed by atoms with Gasteiger partial charge in [0.2, 0.25) is 5.88 Å². The van der Waals surface area contributed by atoms with Crippen molar-refractivity contribution in [2.24, 2.45) is 0 Å². The second-order valence-corrected chi connectivity index (χ2v) is 6.06. The molecule has 1 amide bonds. The fourth-order valence-electron chi connectivity index (χ4n) is 2.24. The average molecular weight is 363 g/mol. The summed E-state index contributed by atoms with van der Waals surface area (Å²) < 4.78 is 11.3. The Morgan fingerprint density at radius 1 is 1.23 bits per heavy atom. The van der Waals surface area contributed by atoms with Crippen LogP contribution < -0.4 is 10.1 Å². The number of nitrogens with one attached hydrogen (secondary N) is 1. The number of halogens is 1. The summed E-state index contributed by atoms with van der Waals surface area (Å²) in [4.78, 5) is 15.6. The number of ether oxygens (including phenoxy) is 2. The highest BCUT2D eigenvalue weighted by atomic mass is 79.9. The summed E-state index contributed by atoms with van der Waals surface area (Å²) in [7, 11) is 1.37. The van der Waals surface area contributed by atoms with Crippen molar-refractivity contribution in [3.8, 4) is 11.6 Å². The van der Waals surface area contributed by atoms with Gasteiger partial charge in [-0.2, -0.15) is 0 Å². The number of aromatic nitrogens is 1. The average Bonchev–Trinajstić information content (AvgIpc) is 3.31. The molecule has 6 heteroatoms. The van der Waals surface area contributed by atoms with Gasteiger partial charge in [-0.25, -0.2) is 9.78 Å². The van der Waals surface area contributed by atoms with Crippen molar-refractivity contribution in [1.29, 1.82) is 0 Å². The minimum atomic E-state index is -0.406. The lowest BCUT2D eigenvalue weighted by molar-refractivity contribution is 0.165. The molecule has 1 aromatic carbocycles. The Morgan fingerprint density at radius 2 is 1.95 bits per heavy atom. The van der Waals surface area contributed by atoms with Crippen LogP contribution in [0, 0.1) is 0 Å². The topological polar surface area (TPSA) is 60.5 Å². The van der Waals surface area contributed by atoms with Crippen LogP contribution in [0.2, 0.25) is 0 Å². The minimum Gasteiger partial charge on any atom is -0.453 e. The zero-order chi connectivity index (χ0) is 15.6. The maximum atomic E-state index is 11.4. The molecule has 1 saturated carbocycles. The third kappa shape index (κ3) is 3.22. The molecule has 0 unspecified atom stereocenters. The number of nitrogens with zero attached hydrogens (tertiary/aromatic N) is 1. The summed E-state index contributed by atoms with van der Waals surface area (Å²) in [5.41, 5.74) is 0.760. The fourth-order valence-corrected chi connectivity index (χ4v) is 2.48.